The third kappa shape index (κ3) is 2.75. The Kier molecular flexibility index (Phi) is 4.10. The average molecular weight is 399 g/mol. The number of ether oxygens (including phenoxy) is 1. The normalized spacial score (nSPS) is 17.8. The van der Waals surface area contributed by atoms with Gasteiger partial charge in [0.2, 0.25) is 0 Å². The minimum absolute atomic E-state index is 0.0418. The van der Waals surface area contributed by atoms with E-state index in [1.165, 1.54) is 11.1 Å². The van der Waals surface area contributed by atoms with Gasteiger partial charge in [-0.25, -0.2) is 0 Å². The Balaban J connectivity index is 1.95. The summed E-state index contributed by atoms with van der Waals surface area (Å²) < 4.78 is 8.95. The van der Waals surface area contributed by atoms with E-state index in [-0.39, 0.29) is 11.7 Å². The zero-order chi connectivity index (χ0) is 14.1. The van der Waals surface area contributed by atoms with E-state index in [2.05, 4.69) is 44.0 Å². The monoisotopic (exact) mass is 397 g/mol. The van der Waals surface area contributed by atoms with Crippen molar-refractivity contribution in [3.63, 3.8) is 0 Å². The van der Waals surface area contributed by atoms with E-state index < -0.39 is 0 Å². The molecule has 0 bridgehead atoms. The highest BCUT2D eigenvalue weighted by Gasteiger charge is 2.21. The molecule has 3 nitrogen and oxygen atoms in total. The third-order valence-corrected chi connectivity index (χ3v) is 4.47. The predicted octanol–water partition coefficient (Wildman–Crippen LogP) is 3.69. The van der Waals surface area contributed by atoms with Crippen molar-refractivity contribution < 1.29 is 4.74 Å². The van der Waals surface area contributed by atoms with Gasteiger partial charge in [0.15, 0.2) is 0 Å². The number of halogens is 2. The third-order valence-electron chi connectivity index (χ3n) is 3.46. The minimum atomic E-state index is -0.0705. The highest BCUT2D eigenvalue weighted by Crippen LogP contribution is 2.28. The van der Waals surface area contributed by atoms with Crippen molar-refractivity contribution >= 4 is 31.9 Å². The van der Waals surface area contributed by atoms with Gasteiger partial charge >= 0.3 is 0 Å². The van der Waals surface area contributed by atoms with Crippen LogP contribution in [-0.4, -0.2) is 11.2 Å². The Hall–Kier alpha value is -0.910. The van der Waals surface area contributed by atoms with E-state index in [9.17, 15) is 4.79 Å². The number of aromatic nitrogens is 1. The quantitative estimate of drug-likeness (QED) is 0.772. The molecule has 1 unspecified atom stereocenters. The average Bonchev–Trinajstić information content (AvgIpc) is 2.44. The van der Waals surface area contributed by atoms with Crippen molar-refractivity contribution in [1.82, 2.24) is 4.57 Å². The molecule has 1 aliphatic heterocycles. The smallest absolute Gasteiger partial charge is 0.265 e. The van der Waals surface area contributed by atoms with Crippen molar-refractivity contribution in [1.29, 1.82) is 0 Å². The number of fused-ring (bicyclic) bond motifs is 1. The Morgan fingerprint density at radius 2 is 2.10 bits per heavy atom. The Morgan fingerprint density at radius 3 is 2.95 bits per heavy atom. The van der Waals surface area contributed by atoms with Gasteiger partial charge in [0.1, 0.15) is 6.10 Å². The summed E-state index contributed by atoms with van der Waals surface area (Å²) in [6.07, 6.45) is 2.66. The van der Waals surface area contributed by atoms with Crippen LogP contribution in [0.3, 0.4) is 0 Å². The molecule has 2 heterocycles. The maximum absolute atomic E-state index is 12.1. The van der Waals surface area contributed by atoms with Crippen LogP contribution < -0.4 is 5.56 Å². The molecule has 1 aromatic heterocycles. The fourth-order valence-electron chi connectivity index (χ4n) is 2.51. The van der Waals surface area contributed by atoms with Crippen LogP contribution >= 0.6 is 31.9 Å². The van der Waals surface area contributed by atoms with Gasteiger partial charge in [-0.1, -0.05) is 24.3 Å². The molecule has 2 aromatic rings. The first-order valence-electron chi connectivity index (χ1n) is 6.40. The van der Waals surface area contributed by atoms with Crippen molar-refractivity contribution in [3.8, 4) is 0 Å². The summed E-state index contributed by atoms with van der Waals surface area (Å²) in [6.45, 7) is 1.22. The standard InChI is InChI=1S/C15H13Br2NO2/c16-11-7-13(17)15(19)18(8-11)9-14-12-4-2-1-3-10(12)5-6-20-14/h1-4,7-8,14H,5-6,9H2. The molecule has 5 heteroatoms. The van der Waals surface area contributed by atoms with E-state index in [0.29, 0.717) is 17.6 Å². The number of hydrogen-bond acceptors (Lipinski definition) is 2. The molecule has 0 saturated carbocycles. The zero-order valence-electron chi connectivity index (χ0n) is 10.7. The largest absolute Gasteiger partial charge is 0.371 e. The number of rotatable bonds is 2. The molecule has 0 aliphatic carbocycles. The van der Waals surface area contributed by atoms with E-state index in [1.54, 1.807) is 16.8 Å². The molecule has 1 aromatic carbocycles. The molecule has 3 rings (SSSR count). The van der Waals surface area contributed by atoms with E-state index >= 15 is 0 Å². The molecule has 104 valence electrons. The topological polar surface area (TPSA) is 31.2 Å². The van der Waals surface area contributed by atoms with Crippen LogP contribution in [0.2, 0.25) is 0 Å². The number of hydrogen-bond donors (Lipinski definition) is 0. The Bertz CT molecular complexity index is 697. The first-order valence-corrected chi connectivity index (χ1v) is 7.98. The lowest BCUT2D eigenvalue weighted by Gasteiger charge is -2.26. The summed E-state index contributed by atoms with van der Waals surface area (Å²) >= 11 is 6.70. The summed E-state index contributed by atoms with van der Waals surface area (Å²) in [7, 11) is 0. The van der Waals surface area contributed by atoms with Gasteiger partial charge in [-0.15, -0.1) is 0 Å². The van der Waals surface area contributed by atoms with E-state index in [1.807, 2.05) is 12.1 Å². The van der Waals surface area contributed by atoms with E-state index in [0.717, 1.165) is 10.9 Å². The second-order valence-electron chi connectivity index (χ2n) is 4.77. The molecule has 1 aliphatic rings. The number of benzene rings is 1. The van der Waals surface area contributed by atoms with Crippen LogP contribution in [0.5, 0.6) is 0 Å². The summed E-state index contributed by atoms with van der Waals surface area (Å²) in [4.78, 5) is 12.1. The van der Waals surface area contributed by atoms with Crippen LogP contribution in [0.25, 0.3) is 0 Å². The van der Waals surface area contributed by atoms with Crippen molar-refractivity contribution in [2.75, 3.05) is 6.61 Å². The zero-order valence-corrected chi connectivity index (χ0v) is 13.9. The molecule has 1 atom stereocenters. The summed E-state index contributed by atoms with van der Waals surface area (Å²) in [5.41, 5.74) is 2.45. The molecular formula is C15H13Br2NO2. The van der Waals surface area contributed by atoms with Crippen LogP contribution in [0, 0.1) is 0 Å². The maximum atomic E-state index is 12.1. The molecule has 0 saturated heterocycles. The predicted molar refractivity (Wildman–Crippen MR) is 84.9 cm³/mol. The van der Waals surface area contributed by atoms with Crippen molar-refractivity contribution in [3.05, 3.63) is 67.0 Å². The summed E-state index contributed by atoms with van der Waals surface area (Å²) in [6, 6.07) is 10.0. The molecule has 0 radical (unpaired) electrons. The van der Waals surface area contributed by atoms with Gasteiger partial charge in [0.25, 0.3) is 5.56 Å². The highest BCUT2D eigenvalue weighted by molar-refractivity contribution is 9.11. The molecule has 0 spiro atoms. The Labute approximate surface area is 133 Å². The van der Waals surface area contributed by atoms with Crippen LogP contribution in [-0.2, 0) is 17.7 Å². The lowest BCUT2D eigenvalue weighted by molar-refractivity contribution is 0.0299. The van der Waals surface area contributed by atoms with Gasteiger partial charge < -0.3 is 9.30 Å². The van der Waals surface area contributed by atoms with Crippen molar-refractivity contribution in [2.45, 2.75) is 19.1 Å². The second-order valence-corrected chi connectivity index (χ2v) is 6.54. The van der Waals surface area contributed by atoms with Gasteiger partial charge in [-0.3, -0.25) is 4.79 Å². The molecule has 0 N–H and O–H groups in total. The molecule has 0 fully saturated rings. The van der Waals surface area contributed by atoms with Gasteiger partial charge in [0, 0.05) is 10.7 Å². The fourth-order valence-corrected chi connectivity index (χ4v) is 3.76. The highest BCUT2D eigenvalue weighted by atomic mass is 79.9. The SMILES string of the molecule is O=c1c(Br)cc(Br)cn1CC1OCCc2ccccc21. The Morgan fingerprint density at radius 1 is 1.30 bits per heavy atom. The van der Waals surface area contributed by atoms with Gasteiger partial charge in [-0.05, 0) is 55.5 Å². The maximum Gasteiger partial charge on any atom is 0.265 e. The molecular weight excluding hydrogens is 386 g/mol. The van der Waals surface area contributed by atoms with Crippen LogP contribution in [0.15, 0.2) is 50.3 Å². The number of pyridine rings is 1. The fraction of sp³-hybridized carbons (Fsp3) is 0.267. The lowest BCUT2D eigenvalue weighted by Crippen LogP contribution is -2.27. The second kappa shape index (κ2) is 5.84. The summed E-state index contributed by atoms with van der Waals surface area (Å²) in [5, 5.41) is 0. The first-order chi connectivity index (χ1) is 9.65. The van der Waals surface area contributed by atoms with Crippen LogP contribution in [0.4, 0.5) is 0 Å². The van der Waals surface area contributed by atoms with Crippen LogP contribution in [0.1, 0.15) is 17.2 Å². The minimum Gasteiger partial charge on any atom is -0.371 e. The first kappa shape index (κ1) is 14.0. The van der Waals surface area contributed by atoms with Gasteiger partial charge in [-0.2, -0.15) is 0 Å². The lowest BCUT2D eigenvalue weighted by atomic mass is 9.97. The molecule has 0 amide bonds. The summed E-state index contributed by atoms with van der Waals surface area (Å²) in [5.74, 6) is 0. The van der Waals surface area contributed by atoms with Crippen molar-refractivity contribution in [2.24, 2.45) is 0 Å². The van der Waals surface area contributed by atoms with E-state index in [4.69, 9.17) is 4.74 Å². The number of nitrogens with zero attached hydrogens (tertiary/aromatic N) is 1. The molecule has 20 heavy (non-hydrogen) atoms. The van der Waals surface area contributed by atoms with Gasteiger partial charge in [0.05, 0.1) is 17.6 Å².